The van der Waals surface area contributed by atoms with Gasteiger partial charge in [0.25, 0.3) is 0 Å². The number of carbonyl (C=O) groups is 1. The molecule has 3 rings (SSSR count). The van der Waals surface area contributed by atoms with Crippen LogP contribution in [-0.2, 0) is 7.05 Å². The summed E-state index contributed by atoms with van der Waals surface area (Å²) in [5.74, 6) is 0. The molecule has 0 unspecified atom stereocenters. The van der Waals surface area contributed by atoms with Crippen molar-refractivity contribution in [2.75, 3.05) is 0 Å². The van der Waals surface area contributed by atoms with Gasteiger partial charge in [-0.1, -0.05) is 30.3 Å². The molecule has 0 bridgehead atoms. The number of hydrogen-bond acceptors (Lipinski definition) is 1. The highest BCUT2D eigenvalue weighted by atomic mass is 16.1. The van der Waals surface area contributed by atoms with Gasteiger partial charge >= 0.3 is 0 Å². The van der Waals surface area contributed by atoms with Crippen molar-refractivity contribution in [2.24, 2.45) is 7.05 Å². The van der Waals surface area contributed by atoms with Crippen molar-refractivity contribution >= 4 is 17.2 Å². The molecule has 0 saturated heterocycles. The Morgan fingerprint density at radius 3 is 2.39 bits per heavy atom. The lowest BCUT2D eigenvalue weighted by molar-refractivity contribution is 0.112. The van der Waals surface area contributed by atoms with Gasteiger partial charge in [-0.3, -0.25) is 4.79 Å². The van der Waals surface area contributed by atoms with Crippen LogP contribution >= 0.6 is 0 Å². The Morgan fingerprint density at radius 1 is 0.944 bits per heavy atom. The number of aldehydes is 1. The molecule has 0 radical (unpaired) electrons. The van der Waals surface area contributed by atoms with E-state index in [9.17, 15) is 4.79 Å². The van der Waals surface area contributed by atoms with Gasteiger partial charge in [0.15, 0.2) is 0 Å². The van der Waals surface area contributed by atoms with E-state index in [0.717, 1.165) is 11.8 Å². The molecule has 88 valence electrons. The second-order valence-electron chi connectivity index (χ2n) is 4.44. The van der Waals surface area contributed by atoms with Gasteiger partial charge in [0.1, 0.15) is 6.29 Å². The summed E-state index contributed by atoms with van der Waals surface area (Å²) in [4.78, 5) is 10.6. The summed E-state index contributed by atoms with van der Waals surface area (Å²) < 4.78 is 2.11. The van der Waals surface area contributed by atoms with Crippen molar-refractivity contribution in [2.45, 2.75) is 0 Å². The van der Waals surface area contributed by atoms with Crippen LogP contribution in [-0.4, -0.2) is 10.9 Å². The molecule has 0 aliphatic carbocycles. The monoisotopic (exact) mass is 235 g/mol. The first-order valence-corrected chi connectivity index (χ1v) is 5.88. The molecular formula is C16H13NO. The summed E-state index contributed by atoms with van der Waals surface area (Å²) in [6.07, 6.45) is 2.92. The van der Waals surface area contributed by atoms with Crippen LogP contribution in [0.15, 0.2) is 54.7 Å². The molecule has 3 aromatic rings. The fourth-order valence-corrected chi connectivity index (χ4v) is 2.22. The average molecular weight is 235 g/mol. The third-order valence-electron chi connectivity index (χ3n) is 3.27. The third kappa shape index (κ3) is 1.72. The second-order valence-corrected chi connectivity index (χ2v) is 4.44. The van der Waals surface area contributed by atoms with E-state index in [1.54, 1.807) is 0 Å². The minimum atomic E-state index is 0.708. The molecule has 0 aliphatic rings. The Labute approximate surface area is 105 Å². The lowest BCUT2D eigenvalue weighted by Crippen LogP contribution is -1.84. The molecule has 18 heavy (non-hydrogen) atoms. The zero-order valence-electron chi connectivity index (χ0n) is 10.1. The Bertz CT molecular complexity index is 708. The molecule has 0 fully saturated rings. The molecule has 0 saturated carbocycles. The van der Waals surface area contributed by atoms with Crippen molar-refractivity contribution in [1.82, 2.24) is 4.57 Å². The molecule has 0 amide bonds. The maximum atomic E-state index is 10.6. The van der Waals surface area contributed by atoms with E-state index in [4.69, 9.17) is 0 Å². The lowest BCUT2D eigenvalue weighted by Gasteiger charge is -2.03. The second kappa shape index (κ2) is 4.15. The molecule has 1 heterocycles. The maximum Gasteiger partial charge on any atom is 0.150 e. The van der Waals surface area contributed by atoms with Crippen LogP contribution in [0.4, 0.5) is 0 Å². The molecular weight excluding hydrogens is 222 g/mol. The highest BCUT2D eigenvalue weighted by Crippen LogP contribution is 2.24. The number of carbonyl (C=O) groups excluding carboxylic acids is 1. The van der Waals surface area contributed by atoms with E-state index in [1.807, 2.05) is 31.3 Å². The van der Waals surface area contributed by atoms with Crippen molar-refractivity contribution in [3.63, 3.8) is 0 Å². The Balaban J connectivity index is 2.09. The summed E-state index contributed by atoms with van der Waals surface area (Å²) >= 11 is 0. The van der Waals surface area contributed by atoms with Crippen LogP contribution in [0.25, 0.3) is 22.0 Å². The average Bonchev–Trinajstić information content (AvgIpc) is 2.80. The largest absolute Gasteiger partial charge is 0.351 e. The first kappa shape index (κ1) is 10.8. The number of nitrogens with zero attached hydrogens (tertiary/aromatic N) is 1. The molecule has 0 aliphatic heterocycles. The summed E-state index contributed by atoms with van der Waals surface area (Å²) in [7, 11) is 2.04. The van der Waals surface area contributed by atoms with Crippen LogP contribution < -0.4 is 0 Å². The number of hydrogen-bond donors (Lipinski definition) is 0. The van der Waals surface area contributed by atoms with Crippen molar-refractivity contribution in [3.05, 3.63) is 60.3 Å². The summed E-state index contributed by atoms with van der Waals surface area (Å²) in [6.45, 7) is 0. The van der Waals surface area contributed by atoms with E-state index in [-0.39, 0.29) is 0 Å². The van der Waals surface area contributed by atoms with Gasteiger partial charge in [-0.2, -0.15) is 0 Å². The van der Waals surface area contributed by atoms with E-state index in [1.165, 1.54) is 16.5 Å². The van der Waals surface area contributed by atoms with Crippen LogP contribution in [0.2, 0.25) is 0 Å². The van der Waals surface area contributed by atoms with E-state index in [0.29, 0.717) is 5.56 Å². The molecule has 0 atom stereocenters. The minimum absolute atomic E-state index is 0.708. The standard InChI is InChI=1S/C16H13NO/c1-17-9-8-15-10-14(6-7-16(15)17)13-4-2-12(11-18)3-5-13/h2-11H,1H3. The summed E-state index contributed by atoms with van der Waals surface area (Å²) in [5, 5.41) is 1.23. The van der Waals surface area contributed by atoms with Crippen LogP contribution in [0.3, 0.4) is 0 Å². The summed E-state index contributed by atoms with van der Waals surface area (Å²) in [6, 6.07) is 16.2. The maximum absolute atomic E-state index is 10.6. The third-order valence-corrected chi connectivity index (χ3v) is 3.27. The smallest absolute Gasteiger partial charge is 0.150 e. The van der Waals surface area contributed by atoms with Gasteiger partial charge in [-0.15, -0.1) is 0 Å². The number of rotatable bonds is 2. The van der Waals surface area contributed by atoms with E-state index in [2.05, 4.69) is 35.0 Å². The van der Waals surface area contributed by atoms with Gasteiger partial charge < -0.3 is 4.57 Å². The number of aromatic nitrogens is 1. The van der Waals surface area contributed by atoms with E-state index < -0.39 is 0 Å². The zero-order chi connectivity index (χ0) is 12.5. The highest BCUT2D eigenvalue weighted by Gasteiger charge is 2.02. The van der Waals surface area contributed by atoms with Gasteiger partial charge in [0, 0.05) is 29.7 Å². The van der Waals surface area contributed by atoms with Crippen molar-refractivity contribution < 1.29 is 4.79 Å². The normalized spacial score (nSPS) is 10.7. The predicted molar refractivity (Wildman–Crippen MR) is 73.7 cm³/mol. The Morgan fingerprint density at radius 2 is 1.67 bits per heavy atom. The number of fused-ring (bicyclic) bond motifs is 1. The fourth-order valence-electron chi connectivity index (χ4n) is 2.22. The molecule has 2 nitrogen and oxygen atoms in total. The predicted octanol–water partition coefficient (Wildman–Crippen LogP) is 3.66. The van der Waals surface area contributed by atoms with Crippen LogP contribution in [0.5, 0.6) is 0 Å². The van der Waals surface area contributed by atoms with Gasteiger partial charge in [0.05, 0.1) is 0 Å². The van der Waals surface area contributed by atoms with Crippen molar-refractivity contribution in [3.8, 4) is 11.1 Å². The molecule has 0 spiro atoms. The molecule has 2 heteroatoms. The molecule has 1 aromatic heterocycles. The quantitative estimate of drug-likeness (QED) is 0.621. The lowest BCUT2D eigenvalue weighted by atomic mass is 10.0. The summed E-state index contributed by atoms with van der Waals surface area (Å²) in [5.41, 5.74) is 4.24. The zero-order valence-corrected chi connectivity index (χ0v) is 10.1. The Hall–Kier alpha value is -2.35. The Kier molecular flexibility index (Phi) is 2.49. The topological polar surface area (TPSA) is 22.0 Å². The van der Waals surface area contributed by atoms with Crippen LogP contribution in [0.1, 0.15) is 10.4 Å². The van der Waals surface area contributed by atoms with Crippen molar-refractivity contribution in [1.29, 1.82) is 0 Å². The minimum Gasteiger partial charge on any atom is -0.351 e. The number of aryl methyl sites for hydroxylation is 1. The van der Waals surface area contributed by atoms with Gasteiger partial charge in [-0.05, 0) is 29.3 Å². The number of benzene rings is 2. The van der Waals surface area contributed by atoms with E-state index >= 15 is 0 Å². The highest BCUT2D eigenvalue weighted by molar-refractivity contribution is 5.86. The first-order chi connectivity index (χ1) is 8.78. The SMILES string of the molecule is Cn1ccc2cc(-c3ccc(C=O)cc3)ccc21. The van der Waals surface area contributed by atoms with Gasteiger partial charge in [0.2, 0.25) is 0 Å². The molecule has 0 N–H and O–H groups in total. The van der Waals surface area contributed by atoms with Crippen LogP contribution in [0, 0.1) is 0 Å². The fraction of sp³-hybridized carbons (Fsp3) is 0.0625. The van der Waals surface area contributed by atoms with Gasteiger partial charge in [-0.25, -0.2) is 0 Å². The first-order valence-electron chi connectivity index (χ1n) is 5.88. The molecule has 2 aromatic carbocycles.